The molecule has 2 fully saturated rings. The highest BCUT2D eigenvalue weighted by atomic mass is 16.5. The summed E-state index contributed by atoms with van der Waals surface area (Å²) < 4.78 is 5.22. The van der Waals surface area contributed by atoms with Gasteiger partial charge in [0.05, 0.1) is 13.2 Å². The van der Waals surface area contributed by atoms with Crippen molar-refractivity contribution >= 4 is 0 Å². The third-order valence-corrected chi connectivity index (χ3v) is 3.26. The minimum Gasteiger partial charge on any atom is -0.380 e. The molecule has 3 heteroatoms. The lowest BCUT2D eigenvalue weighted by atomic mass is 9.89. The van der Waals surface area contributed by atoms with Crippen LogP contribution in [0.15, 0.2) is 0 Å². The topological polar surface area (TPSA) is 24.5 Å². The van der Waals surface area contributed by atoms with Gasteiger partial charge < -0.3 is 15.0 Å². The van der Waals surface area contributed by atoms with E-state index in [-0.39, 0.29) is 0 Å². The quantitative estimate of drug-likeness (QED) is 0.658. The van der Waals surface area contributed by atoms with Gasteiger partial charge in [-0.2, -0.15) is 0 Å². The summed E-state index contributed by atoms with van der Waals surface area (Å²) in [5.41, 5.74) is 0.422. The fourth-order valence-electron chi connectivity index (χ4n) is 2.19. The molecule has 0 aliphatic carbocycles. The number of rotatable bonds is 5. The zero-order valence-electron chi connectivity index (χ0n) is 9.22. The van der Waals surface area contributed by atoms with Crippen LogP contribution in [-0.2, 0) is 4.74 Å². The van der Waals surface area contributed by atoms with Gasteiger partial charge in [0.15, 0.2) is 0 Å². The Kier molecular flexibility index (Phi) is 3.42. The maximum Gasteiger partial charge on any atom is 0.0554 e. The number of nitrogens with one attached hydrogen (secondary N) is 1. The predicted molar refractivity (Wildman–Crippen MR) is 57.5 cm³/mol. The summed E-state index contributed by atoms with van der Waals surface area (Å²) >= 11 is 0. The lowest BCUT2D eigenvalue weighted by molar-refractivity contribution is -0.0990. The Hall–Kier alpha value is -0.120. The summed E-state index contributed by atoms with van der Waals surface area (Å²) in [7, 11) is 0. The van der Waals surface area contributed by atoms with E-state index >= 15 is 0 Å². The van der Waals surface area contributed by atoms with Crippen molar-refractivity contribution in [1.82, 2.24) is 10.2 Å². The minimum atomic E-state index is 0.422. The maximum atomic E-state index is 5.22. The first-order valence-corrected chi connectivity index (χ1v) is 5.79. The molecule has 3 nitrogen and oxygen atoms in total. The van der Waals surface area contributed by atoms with Crippen molar-refractivity contribution in [2.45, 2.75) is 19.8 Å². The minimum absolute atomic E-state index is 0.422. The van der Waals surface area contributed by atoms with Crippen molar-refractivity contribution in [3.05, 3.63) is 0 Å². The molecule has 0 bridgehead atoms. The van der Waals surface area contributed by atoms with Gasteiger partial charge in [-0.3, -0.25) is 0 Å². The molecule has 0 aromatic carbocycles. The van der Waals surface area contributed by atoms with Crippen molar-refractivity contribution in [3.8, 4) is 0 Å². The van der Waals surface area contributed by atoms with Crippen molar-refractivity contribution < 1.29 is 4.74 Å². The molecule has 2 aliphatic heterocycles. The first-order chi connectivity index (χ1) is 6.79. The van der Waals surface area contributed by atoms with Crippen LogP contribution >= 0.6 is 0 Å². The molecule has 0 saturated carbocycles. The van der Waals surface area contributed by atoms with Gasteiger partial charge in [0.1, 0.15) is 0 Å². The molecular formula is C11H22N2O. The van der Waals surface area contributed by atoms with E-state index in [0.717, 1.165) is 26.3 Å². The largest absolute Gasteiger partial charge is 0.380 e. The van der Waals surface area contributed by atoms with E-state index in [0.29, 0.717) is 5.41 Å². The molecule has 0 radical (unpaired) electrons. The molecule has 0 unspecified atom stereocenters. The third kappa shape index (κ3) is 2.69. The average molecular weight is 198 g/mol. The number of hydrogen-bond donors (Lipinski definition) is 1. The molecule has 0 amide bonds. The van der Waals surface area contributed by atoms with Crippen LogP contribution in [0, 0.1) is 5.41 Å². The second-order valence-corrected chi connectivity index (χ2v) is 5.03. The lowest BCUT2D eigenvalue weighted by Gasteiger charge is -2.38. The van der Waals surface area contributed by atoms with Crippen LogP contribution in [0.3, 0.4) is 0 Å². The fraction of sp³-hybridized carbons (Fsp3) is 1.00. The molecule has 1 N–H and O–H groups in total. The summed E-state index contributed by atoms with van der Waals surface area (Å²) in [6.07, 6.45) is 2.79. The van der Waals surface area contributed by atoms with E-state index in [2.05, 4.69) is 17.1 Å². The third-order valence-electron chi connectivity index (χ3n) is 3.26. The molecule has 2 aliphatic rings. The van der Waals surface area contributed by atoms with Gasteiger partial charge in [0.2, 0.25) is 0 Å². The Morgan fingerprint density at radius 3 is 2.57 bits per heavy atom. The zero-order valence-corrected chi connectivity index (χ0v) is 9.22. The summed E-state index contributed by atoms with van der Waals surface area (Å²) in [6, 6.07) is 0. The number of ether oxygens (including phenoxy) is 1. The van der Waals surface area contributed by atoms with E-state index in [1.807, 2.05) is 0 Å². The van der Waals surface area contributed by atoms with Crippen molar-refractivity contribution in [3.63, 3.8) is 0 Å². The molecule has 0 aromatic rings. The van der Waals surface area contributed by atoms with E-state index in [1.54, 1.807) is 0 Å². The number of nitrogens with zero attached hydrogens (tertiary/aromatic N) is 1. The van der Waals surface area contributed by atoms with Gasteiger partial charge in [-0.15, -0.1) is 0 Å². The second kappa shape index (κ2) is 4.60. The summed E-state index contributed by atoms with van der Waals surface area (Å²) in [5, 5.41) is 3.53. The van der Waals surface area contributed by atoms with Gasteiger partial charge in [0.25, 0.3) is 0 Å². The van der Waals surface area contributed by atoms with Crippen LogP contribution in [-0.4, -0.2) is 50.8 Å². The van der Waals surface area contributed by atoms with Crippen molar-refractivity contribution in [1.29, 1.82) is 0 Å². The molecular weight excluding hydrogens is 176 g/mol. The maximum absolute atomic E-state index is 5.22. The lowest BCUT2D eigenvalue weighted by Crippen LogP contribution is -2.48. The van der Waals surface area contributed by atoms with E-state index in [4.69, 9.17) is 4.74 Å². The average Bonchev–Trinajstić information content (AvgIpc) is 2.62. The van der Waals surface area contributed by atoms with Crippen LogP contribution < -0.4 is 5.32 Å². The van der Waals surface area contributed by atoms with Gasteiger partial charge >= 0.3 is 0 Å². The van der Waals surface area contributed by atoms with Crippen LogP contribution in [0.2, 0.25) is 0 Å². The standard InChI is InChI=1S/C11H22N2O/c1-11(9-14-10-11)8-12-4-7-13-5-2-3-6-13/h12H,2-10H2,1H3. The first kappa shape index (κ1) is 10.4. The van der Waals surface area contributed by atoms with Gasteiger partial charge in [-0.05, 0) is 25.9 Å². The van der Waals surface area contributed by atoms with Crippen LogP contribution in [0.4, 0.5) is 0 Å². The number of likely N-dealkylation sites (tertiary alicyclic amines) is 1. The highest BCUT2D eigenvalue weighted by Crippen LogP contribution is 2.24. The Morgan fingerprint density at radius 1 is 1.29 bits per heavy atom. The zero-order chi connectivity index (χ0) is 9.86. The van der Waals surface area contributed by atoms with E-state index < -0.39 is 0 Å². The summed E-state index contributed by atoms with van der Waals surface area (Å²) in [5.74, 6) is 0. The Bertz CT molecular complexity index is 174. The highest BCUT2D eigenvalue weighted by Gasteiger charge is 2.32. The molecule has 82 valence electrons. The Labute approximate surface area is 86.8 Å². The van der Waals surface area contributed by atoms with Gasteiger partial charge in [-0.25, -0.2) is 0 Å². The van der Waals surface area contributed by atoms with Crippen molar-refractivity contribution in [2.75, 3.05) is 45.9 Å². The van der Waals surface area contributed by atoms with Crippen LogP contribution in [0.25, 0.3) is 0 Å². The molecule has 0 aromatic heterocycles. The molecule has 0 atom stereocenters. The molecule has 14 heavy (non-hydrogen) atoms. The van der Waals surface area contributed by atoms with Crippen LogP contribution in [0.5, 0.6) is 0 Å². The fourth-order valence-corrected chi connectivity index (χ4v) is 2.19. The molecule has 2 rings (SSSR count). The predicted octanol–water partition coefficient (Wildman–Crippen LogP) is 0.708. The Morgan fingerprint density at radius 2 is 2.00 bits per heavy atom. The van der Waals surface area contributed by atoms with E-state index in [9.17, 15) is 0 Å². The summed E-state index contributed by atoms with van der Waals surface area (Å²) in [6.45, 7) is 10.2. The van der Waals surface area contributed by atoms with Gasteiger partial charge in [0, 0.05) is 25.0 Å². The normalized spacial score (nSPS) is 26.4. The van der Waals surface area contributed by atoms with Crippen LogP contribution in [0.1, 0.15) is 19.8 Å². The van der Waals surface area contributed by atoms with Gasteiger partial charge in [-0.1, -0.05) is 6.92 Å². The smallest absolute Gasteiger partial charge is 0.0554 e. The summed E-state index contributed by atoms with van der Waals surface area (Å²) in [4.78, 5) is 2.55. The SMILES string of the molecule is CC1(CNCCN2CCCC2)COC1. The second-order valence-electron chi connectivity index (χ2n) is 5.03. The monoisotopic (exact) mass is 198 g/mol. The highest BCUT2D eigenvalue weighted by molar-refractivity contribution is 4.83. The molecule has 0 spiro atoms. The molecule has 2 saturated heterocycles. The molecule has 2 heterocycles. The van der Waals surface area contributed by atoms with E-state index in [1.165, 1.54) is 32.5 Å². The van der Waals surface area contributed by atoms with Crippen molar-refractivity contribution in [2.24, 2.45) is 5.41 Å². The Balaban J connectivity index is 1.50. The first-order valence-electron chi connectivity index (χ1n) is 5.79. The number of hydrogen-bond acceptors (Lipinski definition) is 3.